The maximum atomic E-state index is 9.79. The second kappa shape index (κ2) is 9.97. The van der Waals surface area contributed by atoms with Gasteiger partial charge in [-0.15, -0.1) is 0 Å². The Labute approximate surface area is 186 Å². The number of nitrogens with zero attached hydrogens (tertiary/aromatic N) is 4. The molecule has 4 aromatic heterocycles. The van der Waals surface area contributed by atoms with Gasteiger partial charge in [-0.1, -0.05) is 0 Å². The van der Waals surface area contributed by atoms with Gasteiger partial charge in [-0.05, 0) is 0 Å². The molecule has 0 spiro atoms. The predicted molar refractivity (Wildman–Crippen MR) is 119 cm³/mol. The number of nitrogens with one attached hydrogen (secondary N) is 1. The van der Waals surface area contributed by atoms with E-state index in [4.69, 9.17) is 9.84 Å². The number of aromatic nitrogens is 4. The number of ether oxygens (including phenoxy) is 1. The number of aliphatic hydroxyl groups is 2. The molecular weight excluding hydrogens is 433 g/mol. The molecule has 11 heteroatoms. The van der Waals surface area contributed by atoms with Crippen LogP contribution in [-0.2, 0) is 0 Å². The summed E-state index contributed by atoms with van der Waals surface area (Å²) >= 11 is 2.76. The van der Waals surface area contributed by atoms with Crippen LogP contribution in [0.1, 0.15) is 17.4 Å². The Morgan fingerprint density at radius 1 is 1.19 bits per heavy atom. The number of aromatic amines is 1. The van der Waals surface area contributed by atoms with E-state index in [1.54, 1.807) is 30.8 Å². The molecule has 0 bridgehead atoms. The number of hydrogen-bond acceptors (Lipinski definition) is 9. The van der Waals surface area contributed by atoms with E-state index in [2.05, 4.69) is 24.9 Å². The minimum absolute atomic E-state index is 0.372. The van der Waals surface area contributed by atoms with Crippen LogP contribution >= 0.6 is 22.9 Å². The summed E-state index contributed by atoms with van der Waals surface area (Å²) in [6.45, 7) is 1.49. The SMILES string of the molecule is Cc1ncccc1Oc1cc(Sc2ccccn2)cnc1/N=c1/[nH]c(C(O)CO)bs1. The summed E-state index contributed by atoms with van der Waals surface area (Å²) in [5, 5.41) is 19.8. The van der Waals surface area contributed by atoms with Crippen LogP contribution < -0.4 is 9.54 Å². The van der Waals surface area contributed by atoms with Crippen molar-refractivity contribution in [2.75, 3.05) is 6.61 Å². The Balaban J connectivity index is 1.72. The predicted octanol–water partition coefficient (Wildman–Crippen LogP) is 3.11. The third-order valence-corrected chi connectivity index (χ3v) is 5.83. The molecular formula is C20H18BN5O3S2. The van der Waals surface area contributed by atoms with Gasteiger partial charge in [0.05, 0.1) is 0 Å². The molecule has 0 saturated heterocycles. The van der Waals surface area contributed by atoms with E-state index in [1.165, 1.54) is 22.9 Å². The van der Waals surface area contributed by atoms with Gasteiger partial charge in [0.2, 0.25) is 0 Å². The van der Waals surface area contributed by atoms with Crippen LogP contribution in [0.5, 0.6) is 11.5 Å². The summed E-state index contributed by atoms with van der Waals surface area (Å²) in [6, 6.07) is 11.2. The maximum absolute atomic E-state index is 9.79. The minimum atomic E-state index is -0.987. The molecule has 1 atom stereocenters. The fourth-order valence-corrected chi connectivity index (χ4v) is 4.11. The summed E-state index contributed by atoms with van der Waals surface area (Å²) < 4.78 is 6.12. The van der Waals surface area contributed by atoms with E-state index in [-0.39, 0.29) is 6.61 Å². The molecule has 31 heavy (non-hydrogen) atoms. The Hall–Kier alpha value is -2.86. The molecule has 1 unspecified atom stereocenters. The van der Waals surface area contributed by atoms with Gasteiger partial charge in [0, 0.05) is 0 Å². The molecule has 8 nitrogen and oxygen atoms in total. The van der Waals surface area contributed by atoms with E-state index < -0.39 is 6.10 Å². The van der Waals surface area contributed by atoms with E-state index in [0.717, 1.165) is 15.6 Å². The van der Waals surface area contributed by atoms with Gasteiger partial charge in [0.15, 0.2) is 0 Å². The van der Waals surface area contributed by atoms with Crippen molar-refractivity contribution < 1.29 is 14.9 Å². The van der Waals surface area contributed by atoms with Crippen molar-refractivity contribution in [1.29, 1.82) is 0 Å². The first kappa shape index (κ1) is 21.4. The molecule has 156 valence electrons. The molecule has 4 aromatic rings. The molecule has 4 rings (SSSR count). The van der Waals surface area contributed by atoms with Gasteiger partial charge in [-0.3, -0.25) is 0 Å². The number of pyridine rings is 3. The van der Waals surface area contributed by atoms with Gasteiger partial charge in [0.25, 0.3) is 0 Å². The van der Waals surface area contributed by atoms with Gasteiger partial charge in [0.1, 0.15) is 0 Å². The van der Waals surface area contributed by atoms with Crippen molar-refractivity contribution in [3.8, 4) is 11.5 Å². The molecule has 0 radical (unpaired) electrons. The van der Waals surface area contributed by atoms with Crippen LogP contribution in [0.15, 0.2) is 69.9 Å². The first-order valence-corrected chi connectivity index (χ1v) is 11.0. The molecule has 3 N–H and O–H groups in total. The van der Waals surface area contributed by atoms with Crippen molar-refractivity contribution in [3.05, 3.63) is 71.1 Å². The van der Waals surface area contributed by atoms with Crippen LogP contribution in [0.4, 0.5) is 5.82 Å². The Bertz CT molecular complexity index is 1230. The average Bonchev–Trinajstić information content (AvgIpc) is 3.26. The fourth-order valence-electron chi connectivity index (χ4n) is 2.57. The van der Waals surface area contributed by atoms with Crippen molar-refractivity contribution in [2.45, 2.75) is 22.9 Å². The quantitative estimate of drug-likeness (QED) is 0.395. The third kappa shape index (κ3) is 5.44. The van der Waals surface area contributed by atoms with Crippen molar-refractivity contribution in [2.24, 2.45) is 4.99 Å². The molecule has 0 aliphatic carbocycles. The normalized spacial score (nSPS) is 12.5. The monoisotopic (exact) mass is 451 g/mol. The third-order valence-electron chi connectivity index (χ3n) is 4.13. The Kier molecular flexibility index (Phi) is 6.87. The first-order chi connectivity index (χ1) is 15.1. The molecule has 4 heterocycles. The second-order valence-corrected chi connectivity index (χ2v) is 8.34. The number of rotatable bonds is 7. The number of aryl methyl sites for hydroxylation is 1. The fraction of sp³-hybridized carbons (Fsp3) is 0.150. The zero-order chi connectivity index (χ0) is 21.6. The summed E-state index contributed by atoms with van der Waals surface area (Å²) in [7, 11) is 0. The molecule has 0 aliphatic rings. The molecule has 0 saturated carbocycles. The van der Waals surface area contributed by atoms with Crippen LogP contribution in [0.3, 0.4) is 0 Å². The Morgan fingerprint density at radius 3 is 2.84 bits per heavy atom. The summed E-state index contributed by atoms with van der Waals surface area (Å²) in [6.07, 6.45) is 5.86. The van der Waals surface area contributed by atoms with E-state index in [0.29, 0.717) is 27.7 Å². The number of H-pyrrole nitrogens is 1. The van der Waals surface area contributed by atoms with Crippen LogP contribution in [0.25, 0.3) is 0 Å². The second-order valence-electron chi connectivity index (χ2n) is 6.38. The van der Waals surface area contributed by atoms with E-state index >= 15 is 0 Å². The summed E-state index contributed by atoms with van der Waals surface area (Å²) in [5.74, 6) is 1.44. The zero-order valence-corrected chi connectivity index (χ0v) is 18.1. The van der Waals surface area contributed by atoms with Crippen molar-refractivity contribution >= 4 is 34.9 Å². The summed E-state index contributed by atoms with van der Waals surface area (Å²) in [4.78, 5) is 22.0. The van der Waals surface area contributed by atoms with Crippen molar-refractivity contribution in [1.82, 2.24) is 19.9 Å². The van der Waals surface area contributed by atoms with Gasteiger partial charge in [-0.2, -0.15) is 0 Å². The van der Waals surface area contributed by atoms with E-state index in [9.17, 15) is 5.11 Å². The molecule has 0 amide bonds. The molecule has 0 fully saturated rings. The zero-order valence-electron chi connectivity index (χ0n) is 16.5. The van der Waals surface area contributed by atoms with Gasteiger partial charge < -0.3 is 0 Å². The van der Waals surface area contributed by atoms with Crippen LogP contribution in [-0.4, -0.2) is 42.9 Å². The first-order valence-electron chi connectivity index (χ1n) is 9.32. The van der Waals surface area contributed by atoms with Crippen LogP contribution in [0, 0.1) is 6.92 Å². The van der Waals surface area contributed by atoms with Crippen LogP contribution in [0.2, 0.25) is 0 Å². The molecule has 0 aromatic carbocycles. The Morgan fingerprint density at radius 2 is 2.06 bits per heavy atom. The summed E-state index contributed by atoms with van der Waals surface area (Å²) in [5.41, 5.74) is 1.23. The number of hydrogen-bond donors (Lipinski definition) is 3. The van der Waals surface area contributed by atoms with E-state index in [1.807, 2.05) is 37.3 Å². The molecule has 0 aliphatic heterocycles. The van der Waals surface area contributed by atoms with Gasteiger partial charge in [-0.25, -0.2) is 0 Å². The van der Waals surface area contributed by atoms with Crippen molar-refractivity contribution in [3.63, 3.8) is 0 Å². The topological polar surface area (TPSA) is 117 Å². The van der Waals surface area contributed by atoms with Gasteiger partial charge >= 0.3 is 187 Å². The average molecular weight is 451 g/mol. The number of aliphatic hydroxyl groups excluding tert-OH is 2. The standard InChI is InChI=1S/C20H18BN5O3S2/c1-12-15(5-4-8-22-12)29-16-9-13(30-17-6-2-3-7-23-17)10-24-19(16)26-20-25-18(21-31-20)14(28)11-27/h2-10,14,27-28H,11H2,1H3,(H,24,25,26).